The molecule has 0 spiro atoms. The SMILES string of the molecule is CSc1nnc(-c2ccccc2O)o1. The third-order valence-electron chi connectivity index (χ3n) is 1.72. The summed E-state index contributed by atoms with van der Waals surface area (Å²) in [6.45, 7) is 0. The van der Waals surface area contributed by atoms with Crippen LogP contribution in [0.3, 0.4) is 0 Å². The van der Waals surface area contributed by atoms with Gasteiger partial charge >= 0.3 is 0 Å². The summed E-state index contributed by atoms with van der Waals surface area (Å²) >= 11 is 1.37. The largest absolute Gasteiger partial charge is 0.507 e. The lowest BCUT2D eigenvalue weighted by Crippen LogP contribution is -1.77. The number of thioether (sulfide) groups is 1. The zero-order chi connectivity index (χ0) is 9.97. The second-order valence-corrected chi connectivity index (χ2v) is 3.35. The lowest BCUT2D eigenvalue weighted by molar-refractivity contribution is 0.453. The van der Waals surface area contributed by atoms with Crippen molar-refractivity contribution >= 4 is 11.8 Å². The molecule has 1 heterocycles. The summed E-state index contributed by atoms with van der Waals surface area (Å²) in [4.78, 5) is 0. The number of phenols is 1. The minimum absolute atomic E-state index is 0.142. The van der Waals surface area contributed by atoms with Gasteiger partial charge in [0.25, 0.3) is 11.1 Å². The van der Waals surface area contributed by atoms with Crippen molar-refractivity contribution in [1.29, 1.82) is 0 Å². The van der Waals surface area contributed by atoms with Gasteiger partial charge in [0.15, 0.2) is 0 Å². The van der Waals surface area contributed by atoms with Gasteiger partial charge in [-0.1, -0.05) is 23.9 Å². The maximum Gasteiger partial charge on any atom is 0.276 e. The summed E-state index contributed by atoms with van der Waals surface area (Å²) in [6, 6.07) is 6.86. The highest BCUT2D eigenvalue weighted by Gasteiger charge is 2.10. The van der Waals surface area contributed by atoms with Crippen LogP contribution in [-0.2, 0) is 0 Å². The third-order valence-corrected chi connectivity index (χ3v) is 2.23. The van der Waals surface area contributed by atoms with Gasteiger partial charge in [-0.25, -0.2) is 0 Å². The molecule has 0 saturated heterocycles. The average Bonchev–Trinajstić information content (AvgIpc) is 2.67. The molecule has 0 aliphatic carbocycles. The van der Waals surface area contributed by atoms with E-state index in [2.05, 4.69) is 10.2 Å². The Morgan fingerprint density at radius 3 is 2.71 bits per heavy atom. The summed E-state index contributed by atoms with van der Waals surface area (Å²) in [5.74, 6) is 0.483. The number of hydrogen-bond donors (Lipinski definition) is 1. The number of para-hydroxylation sites is 1. The quantitative estimate of drug-likeness (QED) is 0.766. The molecule has 0 unspecified atom stereocenters. The summed E-state index contributed by atoms with van der Waals surface area (Å²) in [6.07, 6.45) is 1.85. The molecule has 1 N–H and O–H groups in total. The molecular weight excluding hydrogens is 200 g/mol. The highest BCUT2D eigenvalue weighted by molar-refractivity contribution is 7.98. The fourth-order valence-corrected chi connectivity index (χ4v) is 1.34. The Balaban J connectivity index is 2.44. The number of aromatic hydroxyl groups is 1. The fraction of sp³-hybridized carbons (Fsp3) is 0.111. The molecule has 5 heteroatoms. The predicted octanol–water partition coefficient (Wildman–Crippen LogP) is 2.16. The van der Waals surface area contributed by atoms with Crippen LogP contribution >= 0.6 is 11.8 Å². The molecule has 0 radical (unpaired) electrons. The van der Waals surface area contributed by atoms with Gasteiger partial charge in [-0.05, 0) is 18.4 Å². The molecule has 72 valence electrons. The lowest BCUT2D eigenvalue weighted by atomic mass is 10.2. The van der Waals surface area contributed by atoms with Crippen molar-refractivity contribution in [3.8, 4) is 17.2 Å². The summed E-state index contributed by atoms with van der Waals surface area (Å²) < 4.78 is 5.28. The van der Waals surface area contributed by atoms with E-state index >= 15 is 0 Å². The van der Waals surface area contributed by atoms with Gasteiger partial charge in [-0.3, -0.25) is 0 Å². The van der Waals surface area contributed by atoms with Gasteiger partial charge in [-0.15, -0.1) is 10.2 Å². The van der Waals surface area contributed by atoms with E-state index in [9.17, 15) is 5.11 Å². The van der Waals surface area contributed by atoms with Gasteiger partial charge in [0.1, 0.15) is 5.75 Å². The van der Waals surface area contributed by atoms with E-state index in [1.54, 1.807) is 24.3 Å². The molecule has 2 rings (SSSR count). The zero-order valence-electron chi connectivity index (χ0n) is 7.47. The topological polar surface area (TPSA) is 59.2 Å². The number of benzene rings is 1. The Labute approximate surface area is 85.0 Å². The smallest absolute Gasteiger partial charge is 0.276 e. The van der Waals surface area contributed by atoms with Crippen LogP contribution in [0.5, 0.6) is 5.75 Å². The molecule has 4 nitrogen and oxygen atoms in total. The van der Waals surface area contributed by atoms with Crippen LogP contribution in [0.25, 0.3) is 11.5 Å². The summed E-state index contributed by atoms with van der Waals surface area (Å²) in [5, 5.41) is 17.6. The van der Waals surface area contributed by atoms with Crippen molar-refractivity contribution in [2.75, 3.05) is 6.26 Å². The van der Waals surface area contributed by atoms with Crippen LogP contribution in [0.1, 0.15) is 0 Å². The predicted molar refractivity (Wildman–Crippen MR) is 53.2 cm³/mol. The first-order chi connectivity index (χ1) is 6.81. The Hall–Kier alpha value is -1.49. The summed E-state index contributed by atoms with van der Waals surface area (Å²) in [7, 11) is 0. The minimum atomic E-state index is 0.142. The van der Waals surface area contributed by atoms with Gasteiger partial charge in [-0.2, -0.15) is 0 Å². The molecule has 0 fully saturated rings. The van der Waals surface area contributed by atoms with Crippen LogP contribution in [0.4, 0.5) is 0 Å². The first-order valence-corrected chi connectivity index (χ1v) is 5.19. The second-order valence-electron chi connectivity index (χ2n) is 2.59. The number of hydrogen-bond acceptors (Lipinski definition) is 5. The second kappa shape index (κ2) is 3.71. The average molecular weight is 208 g/mol. The highest BCUT2D eigenvalue weighted by atomic mass is 32.2. The molecule has 14 heavy (non-hydrogen) atoms. The standard InChI is InChI=1S/C9H8N2O2S/c1-14-9-11-10-8(13-9)6-4-2-3-5-7(6)12/h2-5,12H,1H3. The van der Waals surface area contributed by atoms with E-state index in [-0.39, 0.29) is 5.75 Å². The molecule has 0 aliphatic rings. The van der Waals surface area contributed by atoms with Crippen LogP contribution in [-0.4, -0.2) is 21.6 Å². The normalized spacial score (nSPS) is 10.4. The van der Waals surface area contributed by atoms with Gasteiger partial charge in [0.05, 0.1) is 5.56 Å². The number of phenolic OH excluding ortho intramolecular Hbond substituents is 1. The molecule has 0 amide bonds. The molecule has 0 atom stereocenters. The van der Waals surface area contributed by atoms with Gasteiger partial charge in [0.2, 0.25) is 0 Å². The van der Waals surface area contributed by atoms with Crippen molar-refractivity contribution in [2.45, 2.75) is 5.22 Å². The third kappa shape index (κ3) is 1.58. The number of aromatic nitrogens is 2. The van der Waals surface area contributed by atoms with E-state index in [1.807, 2.05) is 6.26 Å². The van der Waals surface area contributed by atoms with Crippen molar-refractivity contribution in [2.24, 2.45) is 0 Å². The molecule has 1 aromatic heterocycles. The Bertz CT molecular complexity index is 442. The molecule has 0 bridgehead atoms. The van der Waals surface area contributed by atoms with Gasteiger partial charge in [0, 0.05) is 0 Å². The Kier molecular flexibility index (Phi) is 2.41. The Morgan fingerprint density at radius 2 is 2.07 bits per heavy atom. The van der Waals surface area contributed by atoms with Crippen molar-refractivity contribution in [3.63, 3.8) is 0 Å². The maximum absolute atomic E-state index is 9.51. The minimum Gasteiger partial charge on any atom is -0.507 e. The van der Waals surface area contributed by atoms with E-state index in [0.717, 1.165) is 0 Å². The molecule has 1 aromatic carbocycles. The monoisotopic (exact) mass is 208 g/mol. The zero-order valence-corrected chi connectivity index (χ0v) is 8.28. The Morgan fingerprint density at radius 1 is 1.29 bits per heavy atom. The van der Waals surface area contributed by atoms with Crippen LogP contribution in [0, 0.1) is 0 Å². The first kappa shape index (κ1) is 9.08. The van der Waals surface area contributed by atoms with Crippen LogP contribution < -0.4 is 0 Å². The van der Waals surface area contributed by atoms with Gasteiger partial charge < -0.3 is 9.52 Å². The van der Waals surface area contributed by atoms with E-state index in [0.29, 0.717) is 16.7 Å². The molecule has 0 saturated carbocycles. The van der Waals surface area contributed by atoms with Crippen molar-refractivity contribution in [3.05, 3.63) is 24.3 Å². The lowest BCUT2D eigenvalue weighted by Gasteiger charge is -1.96. The van der Waals surface area contributed by atoms with Crippen LogP contribution in [0.15, 0.2) is 33.9 Å². The molecular formula is C9H8N2O2S. The maximum atomic E-state index is 9.51. The number of nitrogens with zero attached hydrogens (tertiary/aromatic N) is 2. The summed E-state index contributed by atoms with van der Waals surface area (Å²) in [5.41, 5.74) is 0.556. The fourth-order valence-electron chi connectivity index (χ4n) is 1.06. The van der Waals surface area contributed by atoms with Crippen LogP contribution in [0.2, 0.25) is 0 Å². The van der Waals surface area contributed by atoms with Crippen molar-refractivity contribution in [1.82, 2.24) is 10.2 Å². The van der Waals surface area contributed by atoms with E-state index in [1.165, 1.54) is 11.8 Å². The molecule has 0 aliphatic heterocycles. The first-order valence-electron chi connectivity index (χ1n) is 3.97. The highest BCUT2D eigenvalue weighted by Crippen LogP contribution is 2.28. The van der Waals surface area contributed by atoms with E-state index < -0.39 is 0 Å². The number of rotatable bonds is 2. The van der Waals surface area contributed by atoms with Crippen molar-refractivity contribution < 1.29 is 9.52 Å². The molecule has 2 aromatic rings. The van der Waals surface area contributed by atoms with E-state index in [4.69, 9.17) is 4.42 Å².